The maximum absolute atomic E-state index is 13.8. The summed E-state index contributed by atoms with van der Waals surface area (Å²) in [6, 6.07) is 48.2. The molecule has 2 aliphatic carbocycles. The zero-order valence-corrected chi connectivity index (χ0v) is 34.1. The van der Waals surface area contributed by atoms with Crippen molar-refractivity contribution in [3.05, 3.63) is 207 Å². The summed E-state index contributed by atoms with van der Waals surface area (Å²) in [4.78, 5) is 57.3. The molecule has 0 spiro atoms. The number of para-hydroxylation sites is 1. The van der Waals surface area contributed by atoms with Crippen molar-refractivity contribution in [2.45, 2.75) is 19.3 Å². The fourth-order valence-electron chi connectivity index (χ4n) is 10.3. The van der Waals surface area contributed by atoms with Crippen LogP contribution in [0.15, 0.2) is 163 Å². The van der Waals surface area contributed by atoms with Crippen LogP contribution in [-0.2, 0) is 12.5 Å². The average Bonchev–Trinajstić information content (AvgIpc) is 3.81. The van der Waals surface area contributed by atoms with Gasteiger partial charge in [-0.05, 0) is 122 Å². The van der Waals surface area contributed by atoms with Crippen LogP contribution in [0.5, 0.6) is 0 Å². The summed E-state index contributed by atoms with van der Waals surface area (Å²) in [6.45, 7) is 4.52. The zero-order valence-electron chi connectivity index (χ0n) is 34.1. The SMILES string of the molecule is Cn1cc(C=C2C(=O)c3cc4ccccc4cc3C2=O)c2cc(N3c4ccccc4C(C)(C)c4c3ccc3cc(C=C5C(=O)c6cc7ccccc7cc6C5=O)ccc43)ccc21. The van der Waals surface area contributed by atoms with Crippen LogP contribution >= 0.6 is 0 Å². The molecule has 12 rings (SSSR count). The lowest BCUT2D eigenvalue weighted by molar-refractivity contribution is 0.0975. The highest BCUT2D eigenvalue weighted by atomic mass is 16.2. The number of aromatic nitrogens is 1. The van der Waals surface area contributed by atoms with Gasteiger partial charge < -0.3 is 9.47 Å². The molecule has 2 heterocycles. The molecule has 0 saturated carbocycles. The summed E-state index contributed by atoms with van der Waals surface area (Å²) in [6.07, 6.45) is 5.48. The summed E-state index contributed by atoms with van der Waals surface area (Å²) >= 11 is 0. The molecule has 1 aromatic heterocycles. The Morgan fingerprint density at radius 3 is 1.63 bits per heavy atom. The summed E-state index contributed by atoms with van der Waals surface area (Å²) in [5.41, 5.74) is 9.67. The van der Waals surface area contributed by atoms with E-state index in [1.165, 1.54) is 5.56 Å². The molecular formula is C56H36N2O4. The van der Waals surface area contributed by atoms with E-state index < -0.39 is 5.41 Å². The monoisotopic (exact) mass is 800 g/mol. The third kappa shape index (κ3) is 5.04. The fourth-order valence-corrected chi connectivity index (χ4v) is 10.3. The van der Waals surface area contributed by atoms with Crippen molar-refractivity contribution < 1.29 is 19.2 Å². The van der Waals surface area contributed by atoms with E-state index in [4.69, 9.17) is 0 Å². The second kappa shape index (κ2) is 12.8. The molecule has 9 aromatic rings. The number of fused-ring (bicyclic) bond motifs is 9. The Kier molecular flexibility index (Phi) is 7.40. The van der Waals surface area contributed by atoms with Crippen LogP contribution in [0, 0.1) is 0 Å². The lowest BCUT2D eigenvalue weighted by atomic mass is 9.71. The van der Waals surface area contributed by atoms with Crippen LogP contribution in [-0.4, -0.2) is 27.7 Å². The van der Waals surface area contributed by atoms with Gasteiger partial charge in [-0.25, -0.2) is 0 Å². The Morgan fingerprint density at radius 2 is 1.03 bits per heavy atom. The molecular weight excluding hydrogens is 765 g/mol. The van der Waals surface area contributed by atoms with Crippen molar-refractivity contribution in [3.8, 4) is 0 Å². The van der Waals surface area contributed by atoms with E-state index in [-0.39, 0.29) is 34.3 Å². The standard InChI is InChI=1S/C56H36N2O4/c1-56(2)47-14-8-9-15-49(47)58(38-18-21-48-40(29-38)37(30-57(48)3)28-46-54(61)43-26-34-12-6-7-13-35(34)27-44(43)55(46)62)50-20-17-36-22-31(16-19-39(36)51(50)56)23-45-52(59)41-24-32-10-4-5-11-33(32)25-42(41)53(45)60/h4-30H,1-3H3. The van der Waals surface area contributed by atoms with E-state index in [0.717, 1.165) is 77.0 Å². The minimum atomic E-state index is -0.390. The van der Waals surface area contributed by atoms with Crippen LogP contribution in [0.2, 0.25) is 0 Å². The van der Waals surface area contributed by atoms with E-state index in [1.807, 2.05) is 96.7 Å². The van der Waals surface area contributed by atoms with Crippen LogP contribution < -0.4 is 4.90 Å². The van der Waals surface area contributed by atoms with Crippen molar-refractivity contribution in [2.24, 2.45) is 7.05 Å². The second-order valence-corrected chi connectivity index (χ2v) is 17.2. The molecule has 6 heteroatoms. The van der Waals surface area contributed by atoms with Crippen LogP contribution in [0.3, 0.4) is 0 Å². The number of aryl methyl sites for hydroxylation is 1. The maximum atomic E-state index is 13.8. The van der Waals surface area contributed by atoms with E-state index in [9.17, 15) is 19.2 Å². The Bertz CT molecular complexity index is 3540. The van der Waals surface area contributed by atoms with Crippen molar-refractivity contribution in [1.82, 2.24) is 4.57 Å². The van der Waals surface area contributed by atoms with Gasteiger partial charge in [-0.1, -0.05) is 98.8 Å². The van der Waals surface area contributed by atoms with Gasteiger partial charge in [0.25, 0.3) is 0 Å². The minimum Gasteiger partial charge on any atom is -0.350 e. The van der Waals surface area contributed by atoms with Crippen molar-refractivity contribution in [3.63, 3.8) is 0 Å². The van der Waals surface area contributed by atoms with Crippen LogP contribution in [0.25, 0.3) is 55.4 Å². The minimum absolute atomic E-state index is 0.171. The summed E-state index contributed by atoms with van der Waals surface area (Å²) in [7, 11) is 1.98. The molecule has 0 amide bonds. The number of carbonyl (C=O) groups is 4. The Hall–Kier alpha value is -7.96. The van der Waals surface area contributed by atoms with Gasteiger partial charge in [0.1, 0.15) is 0 Å². The number of hydrogen-bond acceptors (Lipinski definition) is 5. The van der Waals surface area contributed by atoms with Crippen LogP contribution in [0.4, 0.5) is 17.1 Å². The van der Waals surface area contributed by atoms with Crippen LogP contribution in [0.1, 0.15) is 77.5 Å². The van der Waals surface area contributed by atoms with Gasteiger partial charge in [-0.2, -0.15) is 0 Å². The molecule has 6 nitrogen and oxygen atoms in total. The highest BCUT2D eigenvalue weighted by Gasteiger charge is 2.39. The largest absolute Gasteiger partial charge is 0.350 e. The zero-order chi connectivity index (χ0) is 42.2. The second-order valence-electron chi connectivity index (χ2n) is 17.2. The number of Topliss-reactive ketones (excluding diaryl/α,β-unsaturated/α-hetero) is 4. The first-order valence-electron chi connectivity index (χ1n) is 20.8. The third-order valence-electron chi connectivity index (χ3n) is 13.3. The fraction of sp³-hybridized carbons (Fsp3) is 0.0714. The number of benzene rings is 8. The number of hydrogen-bond donors (Lipinski definition) is 0. The van der Waals surface area contributed by atoms with Gasteiger partial charge in [-0.15, -0.1) is 0 Å². The predicted octanol–water partition coefficient (Wildman–Crippen LogP) is 12.7. The quantitative estimate of drug-likeness (QED) is 0.131. The van der Waals surface area contributed by atoms with Gasteiger partial charge in [0.05, 0.1) is 22.5 Å². The third-order valence-corrected chi connectivity index (χ3v) is 13.3. The number of anilines is 3. The molecule has 0 saturated heterocycles. The van der Waals surface area contributed by atoms with Gasteiger partial charge in [0.2, 0.25) is 0 Å². The van der Waals surface area contributed by atoms with E-state index >= 15 is 0 Å². The highest BCUT2D eigenvalue weighted by molar-refractivity contribution is 6.43. The number of rotatable bonds is 3. The van der Waals surface area contributed by atoms with E-state index in [2.05, 4.69) is 85.5 Å². The normalized spacial score (nSPS) is 15.2. The average molecular weight is 801 g/mol. The maximum Gasteiger partial charge on any atom is 0.197 e. The highest BCUT2D eigenvalue weighted by Crippen LogP contribution is 2.54. The van der Waals surface area contributed by atoms with E-state index in [1.54, 1.807) is 12.2 Å². The first kappa shape index (κ1) is 35.9. The summed E-state index contributed by atoms with van der Waals surface area (Å²) < 4.78 is 2.03. The van der Waals surface area contributed by atoms with E-state index in [0.29, 0.717) is 22.3 Å². The number of allylic oxidation sites excluding steroid dienone is 2. The molecule has 0 unspecified atom stereocenters. The van der Waals surface area contributed by atoms with Crippen molar-refractivity contribution in [1.29, 1.82) is 0 Å². The first-order chi connectivity index (χ1) is 30.0. The van der Waals surface area contributed by atoms with Gasteiger partial charge in [0.15, 0.2) is 23.1 Å². The molecule has 0 bridgehead atoms. The molecule has 0 radical (unpaired) electrons. The smallest absolute Gasteiger partial charge is 0.197 e. The molecule has 8 aromatic carbocycles. The molecule has 3 aliphatic rings. The van der Waals surface area contributed by atoms with Crippen molar-refractivity contribution in [2.75, 3.05) is 4.90 Å². The molecule has 62 heavy (non-hydrogen) atoms. The number of nitrogens with zero attached hydrogens (tertiary/aromatic N) is 2. The lowest BCUT2D eigenvalue weighted by Gasteiger charge is -2.42. The Labute approximate surface area is 356 Å². The Morgan fingerprint density at radius 1 is 0.484 bits per heavy atom. The lowest BCUT2D eigenvalue weighted by Crippen LogP contribution is -2.30. The number of carbonyl (C=O) groups excluding carboxylic acids is 4. The summed E-state index contributed by atoms with van der Waals surface area (Å²) in [5.74, 6) is -0.998. The summed E-state index contributed by atoms with van der Waals surface area (Å²) in [5, 5.41) is 6.71. The van der Waals surface area contributed by atoms with Crippen molar-refractivity contribution >= 4 is 95.6 Å². The first-order valence-corrected chi connectivity index (χ1v) is 20.8. The van der Waals surface area contributed by atoms with Gasteiger partial charge in [0, 0.05) is 63.1 Å². The molecule has 0 fully saturated rings. The number of ketones is 4. The molecule has 0 atom stereocenters. The molecule has 0 N–H and O–H groups in total. The predicted molar refractivity (Wildman–Crippen MR) is 248 cm³/mol. The topological polar surface area (TPSA) is 76.5 Å². The van der Waals surface area contributed by atoms with Gasteiger partial charge >= 0.3 is 0 Å². The molecule has 1 aliphatic heterocycles. The Balaban J connectivity index is 0.965. The van der Waals surface area contributed by atoms with Gasteiger partial charge in [-0.3, -0.25) is 19.2 Å². The molecule has 294 valence electrons.